The van der Waals surface area contributed by atoms with E-state index in [0.29, 0.717) is 18.1 Å². The third-order valence-corrected chi connectivity index (χ3v) is 6.70. The maximum Gasteiger partial charge on any atom is 0.171 e. The van der Waals surface area contributed by atoms with Gasteiger partial charge >= 0.3 is 0 Å². The van der Waals surface area contributed by atoms with E-state index in [-0.39, 0.29) is 15.9 Å². The number of phenols is 1. The summed E-state index contributed by atoms with van der Waals surface area (Å²) >= 11 is 7.00. The van der Waals surface area contributed by atoms with E-state index in [4.69, 9.17) is 23.7 Å². The van der Waals surface area contributed by atoms with Crippen LogP contribution in [0.3, 0.4) is 0 Å². The van der Waals surface area contributed by atoms with Crippen molar-refractivity contribution < 1.29 is 5.11 Å². The number of hydrogen-bond acceptors (Lipinski definition) is 4. The van der Waals surface area contributed by atoms with Gasteiger partial charge in [0.25, 0.3) is 0 Å². The van der Waals surface area contributed by atoms with Gasteiger partial charge in [-0.25, -0.2) is 4.99 Å². The minimum absolute atomic E-state index is 0.246. The van der Waals surface area contributed by atoms with E-state index in [9.17, 15) is 5.11 Å². The van der Waals surface area contributed by atoms with Crippen LogP contribution in [0.4, 0.5) is 11.4 Å². The van der Waals surface area contributed by atoms with Crippen LogP contribution in [0.25, 0.3) is 0 Å². The largest absolute Gasteiger partial charge is 0.507 e. The number of amidine groups is 1. The summed E-state index contributed by atoms with van der Waals surface area (Å²) in [5.41, 5.74) is 16.2. The van der Waals surface area contributed by atoms with Crippen LogP contribution in [0.15, 0.2) is 58.9 Å². The van der Waals surface area contributed by atoms with Crippen LogP contribution in [0.1, 0.15) is 63.1 Å². The van der Waals surface area contributed by atoms with Gasteiger partial charge < -0.3 is 21.5 Å². The predicted octanol–water partition coefficient (Wildman–Crippen LogP) is 6.34. The Labute approximate surface area is 212 Å². The summed E-state index contributed by atoms with van der Waals surface area (Å²) in [7, 11) is 0. The molecule has 0 radical (unpaired) electrons. The van der Waals surface area contributed by atoms with Crippen molar-refractivity contribution in [1.29, 1.82) is 0 Å². The lowest BCUT2D eigenvalue weighted by atomic mass is 9.79. The first-order valence-corrected chi connectivity index (χ1v) is 12.5. The highest BCUT2D eigenvalue weighted by atomic mass is 32.1. The minimum atomic E-state index is -0.246. The quantitative estimate of drug-likeness (QED) is 0.219. The van der Waals surface area contributed by atoms with Crippen molar-refractivity contribution in [3.05, 3.63) is 75.5 Å². The predicted molar refractivity (Wildman–Crippen MR) is 150 cm³/mol. The van der Waals surface area contributed by atoms with Crippen molar-refractivity contribution in [2.75, 3.05) is 4.90 Å². The van der Waals surface area contributed by atoms with Crippen molar-refractivity contribution >= 4 is 45.9 Å². The van der Waals surface area contributed by atoms with E-state index >= 15 is 0 Å². The summed E-state index contributed by atoms with van der Waals surface area (Å²) in [5, 5.41) is 13.3. The summed E-state index contributed by atoms with van der Waals surface area (Å²) < 4.78 is 0. The number of nitrogens with two attached hydrogens (primary N) is 2. The third kappa shape index (κ3) is 5.96. The summed E-state index contributed by atoms with van der Waals surface area (Å²) in [6, 6.07) is 15.8. The average molecular weight is 495 g/mol. The van der Waals surface area contributed by atoms with Crippen molar-refractivity contribution in [3.8, 4) is 5.75 Å². The number of aromatic hydroxyl groups is 1. The molecule has 5 N–H and O–H groups in total. The maximum atomic E-state index is 11.1. The van der Waals surface area contributed by atoms with Crippen LogP contribution in [-0.2, 0) is 17.4 Å². The number of thiophene rings is 1. The molecule has 1 aromatic heterocycles. The van der Waals surface area contributed by atoms with Crippen LogP contribution in [0, 0.1) is 0 Å². The Kier molecular flexibility index (Phi) is 7.38. The van der Waals surface area contributed by atoms with Crippen molar-refractivity contribution in [2.45, 2.75) is 58.9 Å². The van der Waals surface area contributed by atoms with E-state index in [2.05, 4.69) is 46.5 Å². The minimum Gasteiger partial charge on any atom is -0.507 e. The average Bonchev–Trinajstić information content (AvgIpc) is 3.27. The number of phenolic OH excluding ortho intramolecular Hbond substituents is 1. The molecular formula is C27H34N4OS2. The zero-order valence-electron chi connectivity index (χ0n) is 20.7. The molecular weight excluding hydrogens is 460 g/mol. The molecule has 7 heteroatoms. The number of aliphatic imine (C=N–C) groups is 1. The van der Waals surface area contributed by atoms with E-state index in [1.54, 1.807) is 11.3 Å². The molecule has 0 aliphatic carbocycles. The summed E-state index contributed by atoms with van der Waals surface area (Å²) in [4.78, 5) is 7.36. The van der Waals surface area contributed by atoms with Crippen molar-refractivity contribution in [1.82, 2.24) is 0 Å². The Balaban J connectivity index is 1.96. The molecule has 0 aliphatic rings. The van der Waals surface area contributed by atoms with Crippen LogP contribution in [-0.4, -0.2) is 16.1 Å². The fraction of sp³-hybridized carbons (Fsp3) is 0.333. The standard InChI is InChI=1S/C27H34N4OS2/c1-26(2,3)20-14-19(15-21(23(20)32)27(4,5)6)31(25(29)33)16-17-9-11-18(12-10-17)30-24(28)22-8-7-13-34-22/h7-15,32H,16H2,1-6H3,(H2,28,30)(H2,29,33). The molecule has 5 nitrogen and oxygen atoms in total. The number of nitrogens with zero attached hydrogens (tertiary/aromatic N) is 2. The molecule has 180 valence electrons. The van der Waals surface area contributed by atoms with Crippen LogP contribution in [0.5, 0.6) is 5.75 Å². The van der Waals surface area contributed by atoms with Gasteiger partial charge in [-0.15, -0.1) is 11.3 Å². The smallest absolute Gasteiger partial charge is 0.171 e. The van der Waals surface area contributed by atoms with Crippen LogP contribution in [0.2, 0.25) is 0 Å². The molecule has 3 aromatic rings. The Morgan fingerprint density at radius 1 is 0.971 bits per heavy atom. The molecule has 0 spiro atoms. The van der Waals surface area contributed by atoms with Gasteiger partial charge in [0.2, 0.25) is 0 Å². The van der Waals surface area contributed by atoms with E-state index in [1.165, 1.54) is 0 Å². The SMILES string of the molecule is CC(C)(C)c1cc(N(Cc2ccc(N=C(N)c3cccs3)cc2)C(N)=S)cc(C(C)(C)C)c1O. The second-order valence-corrected chi connectivity index (χ2v) is 11.8. The van der Waals surface area contributed by atoms with Gasteiger partial charge in [0.05, 0.1) is 17.1 Å². The lowest BCUT2D eigenvalue weighted by Crippen LogP contribution is -2.35. The fourth-order valence-electron chi connectivity index (χ4n) is 3.69. The lowest BCUT2D eigenvalue weighted by molar-refractivity contribution is 0.423. The normalized spacial score (nSPS) is 12.6. The Morgan fingerprint density at radius 2 is 1.53 bits per heavy atom. The Bertz CT molecular complexity index is 1150. The lowest BCUT2D eigenvalue weighted by Gasteiger charge is -2.31. The summed E-state index contributed by atoms with van der Waals surface area (Å²) in [6.07, 6.45) is 0. The van der Waals surface area contributed by atoms with Crippen LogP contribution < -0.4 is 16.4 Å². The second kappa shape index (κ2) is 9.76. The zero-order valence-corrected chi connectivity index (χ0v) is 22.3. The first-order valence-electron chi connectivity index (χ1n) is 11.2. The van der Waals surface area contributed by atoms with Gasteiger partial charge in [-0.05, 0) is 64.3 Å². The summed E-state index contributed by atoms with van der Waals surface area (Å²) in [6.45, 7) is 13.0. The molecule has 1 heterocycles. The molecule has 34 heavy (non-hydrogen) atoms. The van der Waals surface area contributed by atoms with Crippen molar-refractivity contribution in [2.24, 2.45) is 16.5 Å². The van der Waals surface area contributed by atoms with Gasteiger partial charge in [-0.1, -0.05) is 59.7 Å². The van der Waals surface area contributed by atoms with Gasteiger partial charge in [-0.3, -0.25) is 0 Å². The molecule has 0 fully saturated rings. The van der Waals surface area contributed by atoms with Gasteiger partial charge in [0.1, 0.15) is 11.6 Å². The first kappa shape index (κ1) is 25.7. The highest BCUT2D eigenvalue weighted by molar-refractivity contribution is 7.80. The molecule has 0 saturated carbocycles. The highest BCUT2D eigenvalue weighted by Gasteiger charge is 2.28. The molecule has 0 saturated heterocycles. The molecule has 0 aliphatic heterocycles. The fourth-order valence-corrected chi connectivity index (χ4v) is 4.49. The maximum absolute atomic E-state index is 11.1. The number of hydrogen-bond donors (Lipinski definition) is 3. The molecule has 2 aromatic carbocycles. The van der Waals surface area contributed by atoms with E-state index in [0.717, 1.165) is 32.9 Å². The Hall–Kier alpha value is -2.90. The Morgan fingerprint density at radius 3 is 1.97 bits per heavy atom. The number of benzene rings is 2. The van der Waals surface area contributed by atoms with Crippen LogP contribution >= 0.6 is 23.6 Å². The number of rotatable bonds is 5. The molecule has 3 rings (SSSR count). The van der Waals surface area contributed by atoms with Crippen molar-refractivity contribution in [3.63, 3.8) is 0 Å². The van der Waals surface area contributed by atoms with Gasteiger partial charge in [0, 0.05) is 16.8 Å². The number of thiocarbonyl (C=S) groups is 1. The number of anilines is 1. The molecule has 0 amide bonds. The molecule has 0 unspecified atom stereocenters. The zero-order chi connectivity index (χ0) is 25.3. The van der Waals surface area contributed by atoms with E-state index < -0.39 is 0 Å². The summed E-state index contributed by atoms with van der Waals surface area (Å²) in [5.74, 6) is 0.832. The monoisotopic (exact) mass is 494 g/mol. The van der Waals surface area contributed by atoms with E-state index in [1.807, 2.05) is 58.8 Å². The van der Waals surface area contributed by atoms with Gasteiger partial charge in [0.15, 0.2) is 5.11 Å². The topological polar surface area (TPSA) is 87.9 Å². The first-order chi connectivity index (χ1) is 15.8. The second-order valence-electron chi connectivity index (χ2n) is 10.5. The van der Waals surface area contributed by atoms with Gasteiger partial charge in [-0.2, -0.15) is 0 Å². The molecule has 0 atom stereocenters. The highest BCUT2D eigenvalue weighted by Crippen LogP contribution is 2.42. The molecule has 0 bridgehead atoms. The third-order valence-electron chi connectivity index (χ3n) is 5.59.